The third kappa shape index (κ3) is 6.23. The van der Waals surface area contributed by atoms with Crippen molar-refractivity contribution >= 4 is 17.7 Å². The molecule has 0 aromatic rings. The van der Waals surface area contributed by atoms with E-state index in [-0.39, 0.29) is 29.8 Å². The highest BCUT2D eigenvalue weighted by Crippen LogP contribution is 2.65. The minimum atomic E-state index is -0.815. The van der Waals surface area contributed by atoms with Crippen molar-refractivity contribution in [1.82, 2.24) is 0 Å². The molecule has 4 aliphatic carbocycles. The SMILES string of the molecule is CC.CC.CCOC(=O)C(CCC1CCC2C3C=CC4=CC(=O)CCC4(C)C3CCC12C)C(=O)OCC. The molecule has 0 aliphatic heterocycles. The van der Waals surface area contributed by atoms with E-state index in [9.17, 15) is 14.4 Å². The molecular weight excluding hydrogens is 464 g/mol. The van der Waals surface area contributed by atoms with Crippen molar-refractivity contribution in [2.45, 2.75) is 107 Å². The minimum absolute atomic E-state index is 0.117. The highest BCUT2D eigenvalue weighted by molar-refractivity contribution is 5.94. The van der Waals surface area contributed by atoms with Crippen LogP contribution in [0.3, 0.4) is 0 Å². The smallest absolute Gasteiger partial charge is 0.320 e. The number of carbonyl (C=O) groups excluding carboxylic acids is 3. The Kier molecular flexibility index (Phi) is 11.6. The Morgan fingerprint density at radius 1 is 0.946 bits per heavy atom. The average Bonchev–Trinajstić information content (AvgIpc) is 3.23. The fourth-order valence-corrected chi connectivity index (χ4v) is 7.77. The summed E-state index contributed by atoms with van der Waals surface area (Å²) in [5, 5.41) is 0. The van der Waals surface area contributed by atoms with E-state index in [0.717, 1.165) is 19.3 Å². The van der Waals surface area contributed by atoms with Crippen LogP contribution in [0.2, 0.25) is 0 Å². The second kappa shape index (κ2) is 13.8. The molecule has 0 heterocycles. The summed E-state index contributed by atoms with van der Waals surface area (Å²) >= 11 is 0. The van der Waals surface area contributed by atoms with Crippen molar-refractivity contribution in [2.75, 3.05) is 13.2 Å². The van der Waals surface area contributed by atoms with Crippen molar-refractivity contribution in [1.29, 1.82) is 0 Å². The summed E-state index contributed by atoms with van der Waals surface area (Å²) in [4.78, 5) is 36.9. The molecule has 6 unspecified atom stereocenters. The topological polar surface area (TPSA) is 69.7 Å². The van der Waals surface area contributed by atoms with E-state index in [4.69, 9.17) is 9.47 Å². The first-order chi connectivity index (χ1) is 17.7. The van der Waals surface area contributed by atoms with Gasteiger partial charge in [0.25, 0.3) is 0 Å². The van der Waals surface area contributed by atoms with E-state index < -0.39 is 17.9 Å². The first-order valence-electron chi connectivity index (χ1n) is 15.0. The van der Waals surface area contributed by atoms with Crippen LogP contribution in [-0.4, -0.2) is 30.9 Å². The van der Waals surface area contributed by atoms with Crippen LogP contribution >= 0.6 is 0 Å². The molecular formula is C32H52O5. The number of allylic oxidation sites excluding steroid dienone is 4. The predicted molar refractivity (Wildman–Crippen MR) is 149 cm³/mol. The molecule has 210 valence electrons. The number of fused-ring (bicyclic) bond motifs is 5. The minimum Gasteiger partial charge on any atom is -0.465 e. The van der Waals surface area contributed by atoms with Gasteiger partial charge in [-0.1, -0.05) is 53.7 Å². The van der Waals surface area contributed by atoms with E-state index in [1.807, 2.05) is 33.8 Å². The molecule has 0 aromatic carbocycles. The summed E-state index contributed by atoms with van der Waals surface area (Å²) in [7, 11) is 0. The maximum absolute atomic E-state index is 12.4. The van der Waals surface area contributed by atoms with E-state index in [1.165, 1.54) is 24.8 Å². The second-order valence-corrected chi connectivity index (χ2v) is 11.1. The van der Waals surface area contributed by atoms with Crippen LogP contribution in [-0.2, 0) is 23.9 Å². The van der Waals surface area contributed by atoms with Crippen molar-refractivity contribution < 1.29 is 23.9 Å². The molecule has 0 radical (unpaired) electrons. The lowest BCUT2D eigenvalue weighted by atomic mass is 9.48. The van der Waals surface area contributed by atoms with Gasteiger partial charge in [-0.25, -0.2) is 0 Å². The summed E-state index contributed by atoms with van der Waals surface area (Å²) in [6, 6.07) is 0. The molecule has 5 nitrogen and oxygen atoms in total. The number of hydrogen-bond acceptors (Lipinski definition) is 5. The van der Waals surface area contributed by atoms with Gasteiger partial charge in [0.05, 0.1) is 13.2 Å². The molecule has 37 heavy (non-hydrogen) atoms. The van der Waals surface area contributed by atoms with Gasteiger partial charge >= 0.3 is 11.9 Å². The normalized spacial score (nSPS) is 33.4. The zero-order valence-electron chi connectivity index (χ0n) is 24.7. The zero-order valence-corrected chi connectivity index (χ0v) is 24.7. The molecule has 4 aliphatic rings. The van der Waals surface area contributed by atoms with Crippen LogP contribution in [0.15, 0.2) is 23.8 Å². The molecule has 2 fully saturated rings. The number of rotatable bonds is 7. The summed E-state index contributed by atoms with van der Waals surface area (Å²) < 4.78 is 10.4. The Hall–Kier alpha value is -1.91. The van der Waals surface area contributed by atoms with Crippen LogP contribution < -0.4 is 0 Å². The first kappa shape index (κ1) is 31.3. The van der Waals surface area contributed by atoms with Gasteiger partial charge in [-0.3, -0.25) is 14.4 Å². The van der Waals surface area contributed by atoms with Gasteiger partial charge in [0.15, 0.2) is 11.7 Å². The van der Waals surface area contributed by atoms with Gasteiger partial charge in [-0.05, 0) is 105 Å². The highest BCUT2D eigenvalue weighted by atomic mass is 16.6. The molecule has 0 N–H and O–H groups in total. The predicted octanol–water partition coefficient (Wildman–Crippen LogP) is 7.49. The summed E-state index contributed by atoms with van der Waals surface area (Å²) in [5.41, 5.74) is 1.58. The number of esters is 2. The maximum atomic E-state index is 12.4. The molecule has 0 spiro atoms. The van der Waals surface area contributed by atoms with Crippen LogP contribution in [0, 0.1) is 40.4 Å². The lowest BCUT2D eigenvalue weighted by Gasteiger charge is -2.56. The summed E-state index contributed by atoms with van der Waals surface area (Å²) in [6.07, 6.45) is 14.2. The molecule has 0 aromatic heterocycles. The van der Waals surface area contributed by atoms with E-state index in [2.05, 4.69) is 26.0 Å². The van der Waals surface area contributed by atoms with Gasteiger partial charge in [-0.15, -0.1) is 0 Å². The number of ether oxygens (including phenoxy) is 2. The summed E-state index contributed by atoms with van der Waals surface area (Å²) in [5.74, 6) is 0.829. The lowest BCUT2D eigenvalue weighted by Crippen LogP contribution is -2.49. The van der Waals surface area contributed by atoms with Crippen molar-refractivity contribution in [3.8, 4) is 0 Å². The Morgan fingerprint density at radius 3 is 2.16 bits per heavy atom. The maximum Gasteiger partial charge on any atom is 0.320 e. The Balaban J connectivity index is 0.00000115. The lowest BCUT2D eigenvalue weighted by molar-refractivity contribution is -0.162. The highest BCUT2D eigenvalue weighted by Gasteiger charge is 2.57. The third-order valence-electron chi connectivity index (χ3n) is 9.66. The fraction of sp³-hybridized carbons (Fsp3) is 0.781. The molecule has 0 saturated heterocycles. The molecule has 5 heteroatoms. The average molecular weight is 517 g/mol. The van der Waals surface area contributed by atoms with Crippen molar-refractivity contribution in [3.05, 3.63) is 23.8 Å². The Labute approximate surface area is 225 Å². The van der Waals surface area contributed by atoms with Crippen LogP contribution in [0.25, 0.3) is 0 Å². The van der Waals surface area contributed by atoms with Crippen LogP contribution in [0.4, 0.5) is 0 Å². The van der Waals surface area contributed by atoms with Crippen LogP contribution in [0.5, 0.6) is 0 Å². The quantitative estimate of drug-likeness (QED) is 0.259. The largest absolute Gasteiger partial charge is 0.465 e. The fourth-order valence-electron chi connectivity index (χ4n) is 7.77. The van der Waals surface area contributed by atoms with E-state index >= 15 is 0 Å². The van der Waals surface area contributed by atoms with Gasteiger partial charge in [-0.2, -0.15) is 0 Å². The molecule has 0 amide bonds. The number of hydrogen-bond donors (Lipinski definition) is 0. The third-order valence-corrected chi connectivity index (χ3v) is 9.66. The van der Waals surface area contributed by atoms with Gasteiger partial charge in [0, 0.05) is 6.42 Å². The summed E-state index contributed by atoms with van der Waals surface area (Å²) in [6.45, 7) is 16.9. The molecule has 4 rings (SSSR count). The number of ketones is 1. The van der Waals surface area contributed by atoms with Crippen molar-refractivity contribution in [3.63, 3.8) is 0 Å². The van der Waals surface area contributed by atoms with Gasteiger partial charge in [0.2, 0.25) is 0 Å². The molecule has 2 saturated carbocycles. The van der Waals surface area contributed by atoms with Gasteiger partial charge < -0.3 is 9.47 Å². The Bertz CT molecular complexity index is 839. The van der Waals surface area contributed by atoms with Crippen LogP contribution in [0.1, 0.15) is 107 Å². The van der Waals surface area contributed by atoms with E-state index in [0.29, 0.717) is 36.5 Å². The second-order valence-electron chi connectivity index (χ2n) is 11.1. The first-order valence-corrected chi connectivity index (χ1v) is 15.0. The Morgan fingerprint density at radius 2 is 1.57 bits per heavy atom. The molecule has 0 bridgehead atoms. The van der Waals surface area contributed by atoms with E-state index in [1.54, 1.807) is 13.8 Å². The van der Waals surface area contributed by atoms with Gasteiger partial charge in [0.1, 0.15) is 0 Å². The monoisotopic (exact) mass is 516 g/mol. The zero-order chi connectivity index (χ0) is 27.8. The van der Waals surface area contributed by atoms with Crippen molar-refractivity contribution in [2.24, 2.45) is 40.4 Å². The molecule has 6 atom stereocenters. The number of carbonyl (C=O) groups is 3. The standard InChI is InChI=1S/C28H40O5.2C2H6/c1-5-32-25(30)22(26(31)33-6-2)11-7-18-9-12-23-21-10-8-19-17-20(29)13-15-28(19,4)24(21)14-16-27(18,23)3;2*1-2/h8,10,17-18,21-24H,5-7,9,11-16H2,1-4H3;2*1-2H3.